The van der Waals surface area contributed by atoms with Crippen LogP contribution in [0.5, 0.6) is 5.75 Å². The molecule has 1 unspecified atom stereocenters. The molecule has 1 heterocycles. The predicted molar refractivity (Wildman–Crippen MR) is 136 cm³/mol. The molecule has 0 spiro atoms. The Hall–Kier alpha value is -3.40. The SMILES string of the molecule is CCOC(CN(Cc1cccc(F)n1)C(=O)C(N)Cc1ccc(OCc2ccccc2)cc1F)OCC. The Kier molecular flexibility index (Phi) is 10.9. The molecule has 1 atom stereocenters. The lowest BCUT2D eigenvalue weighted by atomic mass is 10.0. The van der Waals surface area contributed by atoms with Crippen LogP contribution >= 0.6 is 0 Å². The van der Waals surface area contributed by atoms with E-state index in [0.717, 1.165) is 5.56 Å². The van der Waals surface area contributed by atoms with Crippen molar-refractivity contribution in [3.63, 3.8) is 0 Å². The van der Waals surface area contributed by atoms with Crippen molar-refractivity contribution >= 4 is 5.91 Å². The first-order valence-corrected chi connectivity index (χ1v) is 12.2. The average molecular weight is 514 g/mol. The first kappa shape index (κ1) is 28.2. The van der Waals surface area contributed by atoms with Crippen LogP contribution in [0.15, 0.2) is 66.7 Å². The second-order valence-electron chi connectivity index (χ2n) is 8.35. The lowest BCUT2D eigenvalue weighted by molar-refractivity contribution is -0.160. The Morgan fingerprint density at radius 1 is 1.00 bits per heavy atom. The summed E-state index contributed by atoms with van der Waals surface area (Å²) in [6, 6.07) is 17.3. The second-order valence-corrected chi connectivity index (χ2v) is 8.35. The van der Waals surface area contributed by atoms with E-state index in [1.807, 2.05) is 44.2 Å². The van der Waals surface area contributed by atoms with Crippen molar-refractivity contribution in [3.8, 4) is 5.75 Å². The van der Waals surface area contributed by atoms with Gasteiger partial charge in [0.2, 0.25) is 11.9 Å². The van der Waals surface area contributed by atoms with Crippen molar-refractivity contribution in [2.75, 3.05) is 19.8 Å². The molecule has 0 radical (unpaired) electrons. The van der Waals surface area contributed by atoms with E-state index in [-0.39, 0.29) is 25.1 Å². The number of halogens is 2. The molecule has 0 aliphatic rings. The highest BCUT2D eigenvalue weighted by Gasteiger charge is 2.26. The fourth-order valence-corrected chi connectivity index (χ4v) is 3.75. The van der Waals surface area contributed by atoms with E-state index in [9.17, 15) is 13.6 Å². The maximum absolute atomic E-state index is 14.9. The number of hydrogen-bond donors (Lipinski definition) is 1. The van der Waals surface area contributed by atoms with Crippen LogP contribution in [0.3, 0.4) is 0 Å². The third-order valence-electron chi connectivity index (χ3n) is 5.54. The third kappa shape index (κ3) is 8.89. The van der Waals surface area contributed by atoms with Crippen LogP contribution in [0.25, 0.3) is 0 Å². The number of pyridine rings is 1. The first-order valence-electron chi connectivity index (χ1n) is 12.2. The predicted octanol–water partition coefficient (Wildman–Crippen LogP) is 4.24. The zero-order chi connectivity index (χ0) is 26.6. The zero-order valence-corrected chi connectivity index (χ0v) is 21.1. The van der Waals surface area contributed by atoms with E-state index < -0.39 is 30.0 Å². The molecule has 2 N–H and O–H groups in total. The summed E-state index contributed by atoms with van der Waals surface area (Å²) in [7, 11) is 0. The molecule has 0 bridgehead atoms. The maximum Gasteiger partial charge on any atom is 0.240 e. The molecule has 0 saturated carbocycles. The molecule has 3 rings (SSSR count). The molecule has 2 aromatic carbocycles. The minimum absolute atomic E-state index is 0.00428. The molecular formula is C28H33F2N3O4. The van der Waals surface area contributed by atoms with Gasteiger partial charge in [0, 0.05) is 19.3 Å². The van der Waals surface area contributed by atoms with Crippen molar-refractivity contribution in [3.05, 3.63) is 95.3 Å². The fourth-order valence-electron chi connectivity index (χ4n) is 3.75. The number of carbonyl (C=O) groups excluding carboxylic acids is 1. The Morgan fingerprint density at radius 2 is 1.73 bits per heavy atom. The molecule has 3 aromatic rings. The van der Waals surface area contributed by atoms with Crippen LogP contribution in [0.4, 0.5) is 8.78 Å². The number of carbonyl (C=O) groups is 1. The van der Waals surface area contributed by atoms with E-state index in [1.165, 1.54) is 23.1 Å². The van der Waals surface area contributed by atoms with Gasteiger partial charge in [-0.15, -0.1) is 0 Å². The molecular weight excluding hydrogens is 480 g/mol. The smallest absolute Gasteiger partial charge is 0.240 e. The van der Waals surface area contributed by atoms with E-state index in [4.69, 9.17) is 19.9 Å². The maximum atomic E-state index is 14.9. The topological polar surface area (TPSA) is 86.9 Å². The number of ether oxygens (including phenoxy) is 3. The van der Waals surface area contributed by atoms with Crippen LogP contribution < -0.4 is 10.5 Å². The van der Waals surface area contributed by atoms with Gasteiger partial charge in [0.05, 0.1) is 24.8 Å². The Balaban J connectivity index is 1.69. The summed E-state index contributed by atoms with van der Waals surface area (Å²) in [5.41, 5.74) is 7.82. The van der Waals surface area contributed by atoms with Gasteiger partial charge in [-0.3, -0.25) is 4.79 Å². The van der Waals surface area contributed by atoms with Gasteiger partial charge in [0.15, 0.2) is 6.29 Å². The number of amides is 1. The summed E-state index contributed by atoms with van der Waals surface area (Å²) in [4.78, 5) is 18.6. The number of aromatic nitrogens is 1. The fraction of sp³-hybridized carbons (Fsp3) is 0.357. The molecule has 0 aliphatic heterocycles. The molecule has 9 heteroatoms. The van der Waals surface area contributed by atoms with Gasteiger partial charge in [-0.1, -0.05) is 42.5 Å². The highest BCUT2D eigenvalue weighted by molar-refractivity contribution is 5.82. The lowest BCUT2D eigenvalue weighted by Gasteiger charge is -2.29. The highest BCUT2D eigenvalue weighted by atomic mass is 19.1. The monoisotopic (exact) mass is 513 g/mol. The lowest BCUT2D eigenvalue weighted by Crippen LogP contribution is -2.48. The van der Waals surface area contributed by atoms with Gasteiger partial charge in [-0.25, -0.2) is 9.37 Å². The average Bonchev–Trinajstić information content (AvgIpc) is 2.89. The summed E-state index contributed by atoms with van der Waals surface area (Å²) >= 11 is 0. The normalized spacial score (nSPS) is 11.9. The molecule has 7 nitrogen and oxygen atoms in total. The van der Waals surface area contributed by atoms with Crippen molar-refractivity contribution in [1.82, 2.24) is 9.88 Å². The van der Waals surface area contributed by atoms with E-state index >= 15 is 0 Å². The largest absolute Gasteiger partial charge is 0.489 e. The van der Waals surface area contributed by atoms with Gasteiger partial charge in [-0.2, -0.15) is 4.39 Å². The third-order valence-corrected chi connectivity index (χ3v) is 5.54. The van der Waals surface area contributed by atoms with Crippen molar-refractivity contribution < 1.29 is 27.8 Å². The summed E-state index contributed by atoms with van der Waals surface area (Å²) < 4.78 is 45.3. The van der Waals surface area contributed by atoms with Gasteiger partial charge in [-0.05, 0) is 49.6 Å². The zero-order valence-electron chi connectivity index (χ0n) is 21.1. The summed E-state index contributed by atoms with van der Waals surface area (Å²) in [5, 5.41) is 0. The minimum Gasteiger partial charge on any atom is -0.489 e. The number of rotatable bonds is 14. The van der Waals surface area contributed by atoms with Crippen LogP contribution in [0, 0.1) is 11.8 Å². The molecule has 1 aromatic heterocycles. The quantitative estimate of drug-likeness (QED) is 0.256. The van der Waals surface area contributed by atoms with Crippen molar-refractivity contribution in [2.45, 2.75) is 45.8 Å². The minimum atomic E-state index is -1.05. The molecule has 37 heavy (non-hydrogen) atoms. The van der Waals surface area contributed by atoms with Crippen LogP contribution in [0.2, 0.25) is 0 Å². The van der Waals surface area contributed by atoms with Gasteiger partial charge < -0.3 is 24.8 Å². The molecule has 0 aliphatic carbocycles. The first-order chi connectivity index (χ1) is 17.9. The summed E-state index contributed by atoms with van der Waals surface area (Å²) in [5.74, 6) is -1.26. The number of benzene rings is 2. The van der Waals surface area contributed by atoms with Crippen molar-refractivity contribution in [1.29, 1.82) is 0 Å². The van der Waals surface area contributed by atoms with E-state index in [2.05, 4.69) is 4.98 Å². The van der Waals surface area contributed by atoms with Gasteiger partial charge >= 0.3 is 0 Å². The van der Waals surface area contributed by atoms with Gasteiger partial charge in [0.1, 0.15) is 18.2 Å². The van der Waals surface area contributed by atoms with E-state index in [1.54, 1.807) is 18.2 Å². The number of nitrogens with zero attached hydrogens (tertiary/aromatic N) is 2. The van der Waals surface area contributed by atoms with Crippen LogP contribution in [0.1, 0.15) is 30.7 Å². The second kappa shape index (κ2) is 14.4. The number of hydrogen-bond acceptors (Lipinski definition) is 6. The van der Waals surface area contributed by atoms with Gasteiger partial charge in [0.25, 0.3) is 0 Å². The van der Waals surface area contributed by atoms with E-state index in [0.29, 0.717) is 31.3 Å². The van der Waals surface area contributed by atoms with Crippen LogP contribution in [-0.2, 0) is 33.8 Å². The van der Waals surface area contributed by atoms with Crippen molar-refractivity contribution in [2.24, 2.45) is 5.73 Å². The summed E-state index contributed by atoms with van der Waals surface area (Å²) in [6.45, 7) is 4.74. The molecule has 198 valence electrons. The summed E-state index contributed by atoms with van der Waals surface area (Å²) in [6.07, 6.45) is -0.734. The molecule has 0 saturated heterocycles. The highest BCUT2D eigenvalue weighted by Crippen LogP contribution is 2.20. The standard InChI is InChI=1S/C28H33F2N3O4/c1-3-35-27(36-4-2)18-33(17-22-11-8-12-26(30)32-22)28(34)25(31)15-21-13-14-23(16-24(21)29)37-19-20-9-6-5-7-10-20/h5-14,16,25,27H,3-4,15,17-19,31H2,1-2H3. The Labute approximate surface area is 216 Å². The molecule has 1 amide bonds. The Bertz CT molecular complexity index is 1130. The number of nitrogens with two attached hydrogens (primary N) is 1. The Morgan fingerprint density at radius 3 is 2.38 bits per heavy atom. The van der Waals surface area contributed by atoms with Crippen LogP contribution in [-0.4, -0.2) is 47.9 Å². The molecule has 0 fully saturated rings.